The van der Waals surface area contributed by atoms with Crippen LogP contribution in [-0.4, -0.2) is 57.9 Å². The van der Waals surface area contributed by atoms with Gasteiger partial charge in [0.25, 0.3) is 5.91 Å². The van der Waals surface area contributed by atoms with Gasteiger partial charge in [-0.15, -0.1) is 0 Å². The molecule has 1 amide bonds. The number of piperazine rings is 1. The number of para-hydroxylation sites is 1. The van der Waals surface area contributed by atoms with Gasteiger partial charge in [-0.25, -0.2) is 0 Å². The molecule has 1 heterocycles. The van der Waals surface area contributed by atoms with Crippen molar-refractivity contribution in [3.63, 3.8) is 0 Å². The fourth-order valence-corrected chi connectivity index (χ4v) is 3.27. The van der Waals surface area contributed by atoms with Gasteiger partial charge in [-0.05, 0) is 30.3 Å². The highest BCUT2D eigenvalue weighted by Crippen LogP contribution is 2.31. The van der Waals surface area contributed by atoms with Crippen molar-refractivity contribution in [2.45, 2.75) is 6.04 Å². The Balaban J connectivity index is 1.77. The molecule has 0 saturated carbocycles. The molecule has 1 unspecified atom stereocenters. The molecular weight excluding hydrogens is 344 g/mol. The van der Waals surface area contributed by atoms with Crippen LogP contribution < -0.4 is 14.8 Å². The number of hydrogen-bond donors (Lipinski definition) is 1. The minimum Gasteiger partial charge on any atom is -0.496 e. The van der Waals surface area contributed by atoms with Crippen LogP contribution in [0.5, 0.6) is 11.5 Å². The number of carbonyl (C=O) groups excluding carboxylic acids is 1. The molecule has 3 rings (SSSR count). The molecule has 1 aliphatic heterocycles. The van der Waals surface area contributed by atoms with Crippen molar-refractivity contribution in [3.05, 3.63) is 59.7 Å². The molecule has 2 aromatic carbocycles. The van der Waals surface area contributed by atoms with Crippen molar-refractivity contribution in [2.75, 3.05) is 47.1 Å². The van der Waals surface area contributed by atoms with E-state index in [2.05, 4.69) is 5.32 Å². The van der Waals surface area contributed by atoms with Crippen LogP contribution in [0.25, 0.3) is 0 Å². The average Bonchev–Trinajstić information content (AvgIpc) is 2.74. The molecule has 6 nitrogen and oxygen atoms in total. The van der Waals surface area contributed by atoms with Crippen LogP contribution in [0, 0.1) is 0 Å². The van der Waals surface area contributed by atoms with E-state index in [1.807, 2.05) is 53.4 Å². The molecule has 0 aromatic heterocycles. The molecule has 0 radical (unpaired) electrons. The fraction of sp³-hybridized carbons (Fsp3) is 0.381. The Morgan fingerprint density at radius 2 is 1.89 bits per heavy atom. The number of rotatable bonds is 7. The van der Waals surface area contributed by atoms with Gasteiger partial charge in [0, 0.05) is 37.9 Å². The lowest BCUT2D eigenvalue weighted by molar-refractivity contribution is 0.0631. The summed E-state index contributed by atoms with van der Waals surface area (Å²) in [6.45, 7) is 3.13. The predicted octanol–water partition coefficient (Wildman–Crippen LogP) is 2.51. The van der Waals surface area contributed by atoms with E-state index >= 15 is 0 Å². The SMILES string of the molecule is COCCOc1ccc(C(=O)N2CCNCC2c2ccccc2OC)cc1. The minimum absolute atomic E-state index is 0.0100. The zero-order valence-electron chi connectivity index (χ0n) is 15.8. The molecule has 1 atom stereocenters. The van der Waals surface area contributed by atoms with Crippen molar-refractivity contribution >= 4 is 5.91 Å². The van der Waals surface area contributed by atoms with Gasteiger partial charge in [0.05, 0.1) is 19.8 Å². The molecule has 1 saturated heterocycles. The van der Waals surface area contributed by atoms with Gasteiger partial charge in [0.2, 0.25) is 0 Å². The summed E-state index contributed by atoms with van der Waals surface area (Å²) in [4.78, 5) is 15.1. The van der Waals surface area contributed by atoms with Crippen molar-refractivity contribution in [1.82, 2.24) is 10.2 Å². The zero-order valence-corrected chi connectivity index (χ0v) is 15.8. The minimum atomic E-state index is -0.0694. The first-order chi connectivity index (χ1) is 13.2. The van der Waals surface area contributed by atoms with E-state index in [-0.39, 0.29) is 11.9 Å². The second-order valence-corrected chi connectivity index (χ2v) is 6.33. The largest absolute Gasteiger partial charge is 0.496 e. The summed E-state index contributed by atoms with van der Waals surface area (Å²) in [5, 5.41) is 3.38. The molecule has 0 bridgehead atoms. The van der Waals surface area contributed by atoms with Gasteiger partial charge in [-0.2, -0.15) is 0 Å². The Hall–Kier alpha value is -2.57. The van der Waals surface area contributed by atoms with Gasteiger partial charge in [-0.3, -0.25) is 4.79 Å². The number of benzene rings is 2. The van der Waals surface area contributed by atoms with Gasteiger partial charge in [0.1, 0.15) is 18.1 Å². The summed E-state index contributed by atoms with van der Waals surface area (Å²) in [5.41, 5.74) is 1.66. The average molecular weight is 370 g/mol. The maximum absolute atomic E-state index is 13.2. The lowest BCUT2D eigenvalue weighted by atomic mass is 10.0. The Bertz CT molecular complexity index is 748. The number of amides is 1. The van der Waals surface area contributed by atoms with Crippen LogP contribution >= 0.6 is 0 Å². The first-order valence-corrected chi connectivity index (χ1v) is 9.11. The molecule has 6 heteroatoms. The normalized spacial score (nSPS) is 16.8. The van der Waals surface area contributed by atoms with E-state index in [9.17, 15) is 4.79 Å². The third-order valence-corrected chi connectivity index (χ3v) is 4.66. The summed E-state index contributed by atoms with van der Waals surface area (Å²) in [5.74, 6) is 1.53. The molecule has 0 aliphatic carbocycles. The predicted molar refractivity (Wildman–Crippen MR) is 103 cm³/mol. The van der Waals surface area contributed by atoms with Crippen LogP contribution in [-0.2, 0) is 4.74 Å². The summed E-state index contributed by atoms with van der Waals surface area (Å²) >= 11 is 0. The zero-order chi connectivity index (χ0) is 19.1. The molecule has 2 aromatic rings. The first kappa shape index (κ1) is 19.2. The highest BCUT2D eigenvalue weighted by molar-refractivity contribution is 5.94. The maximum Gasteiger partial charge on any atom is 0.254 e. The molecule has 1 aliphatic rings. The van der Waals surface area contributed by atoms with E-state index in [4.69, 9.17) is 14.2 Å². The van der Waals surface area contributed by atoms with Crippen LogP contribution in [0.2, 0.25) is 0 Å². The molecule has 1 N–H and O–H groups in total. The lowest BCUT2D eigenvalue weighted by Crippen LogP contribution is -2.48. The molecule has 0 spiro atoms. The fourth-order valence-electron chi connectivity index (χ4n) is 3.27. The Kier molecular flexibility index (Phi) is 6.68. The quantitative estimate of drug-likeness (QED) is 0.759. The topological polar surface area (TPSA) is 60.0 Å². The summed E-state index contributed by atoms with van der Waals surface area (Å²) in [7, 11) is 3.29. The number of ether oxygens (including phenoxy) is 3. The first-order valence-electron chi connectivity index (χ1n) is 9.11. The Labute approximate surface area is 160 Å². The van der Waals surface area contributed by atoms with E-state index < -0.39 is 0 Å². The maximum atomic E-state index is 13.2. The highest BCUT2D eigenvalue weighted by Gasteiger charge is 2.30. The van der Waals surface area contributed by atoms with Crippen molar-refractivity contribution in [3.8, 4) is 11.5 Å². The molecule has 1 fully saturated rings. The smallest absolute Gasteiger partial charge is 0.254 e. The van der Waals surface area contributed by atoms with Crippen molar-refractivity contribution in [1.29, 1.82) is 0 Å². The van der Waals surface area contributed by atoms with E-state index in [1.54, 1.807) is 14.2 Å². The van der Waals surface area contributed by atoms with Crippen molar-refractivity contribution in [2.24, 2.45) is 0 Å². The van der Waals surface area contributed by atoms with E-state index in [0.29, 0.717) is 31.9 Å². The monoisotopic (exact) mass is 370 g/mol. The third-order valence-electron chi connectivity index (χ3n) is 4.66. The number of methoxy groups -OCH3 is 2. The summed E-state index contributed by atoms with van der Waals surface area (Å²) in [6.07, 6.45) is 0. The Morgan fingerprint density at radius 3 is 2.63 bits per heavy atom. The third kappa shape index (κ3) is 4.59. The van der Waals surface area contributed by atoms with E-state index in [0.717, 1.165) is 23.6 Å². The second-order valence-electron chi connectivity index (χ2n) is 6.33. The van der Waals surface area contributed by atoms with Crippen molar-refractivity contribution < 1.29 is 19.0 Å². The number of nitrogens with zero attached hydrogens (tertiary/aromatic N) is 1. The molecular formula is C21H26N2O4. The summed E-state index contributed by atoms with van der Waals surface area (Å²) < 4.78 is 16.0. The van der Waals surface area contributed by atoms with Gasteiger partial charge in [0.15, 0.2) is 0 Å². The van der Waals surface area contributed by atoms with E-state index in [1.165, 1.54) is 0 Å². The molecule has 144 valence electrons. The number of nitrogens with one attached hydrogen (secondary N) is 1. The lowest BCUT2D eigenvalue weighted by Gasteiger charge is -2.37. The van der Waals surface area contributed by atoms with Gasteiger partial charge in [-0.1, -0.05) is 18.2 Å². The number of hydrogen-bond acceptors (Lipinski definition) is 5. The van der Waals surface area contributed by atoms with Crippen LogP contribution in [0.15, 0.2) is 48.5 Å². The molecule has 27 heavy (non-hydrogen) atoms. The standard InChI is InChI=1S/C21H26N2O4/c1-25-13-14-27-17-9-7-16(8-10-17)21(24)23-12-11-22-15-19(23)18-5-3-4-6-20(18)26-2/h3-10,19,22H,11-15H2,1-2H3. The Morgan fingerprint density at radius 1 is 1.11 bits per heavy atom. The number of carbonyl (C=O) groups is 1. The van der Waals surface area contributed by atoms with Crippen LogP contribution in [0.3, 0.4) is 0 Å². The van der Waals surface area contributed by atoms with Crippen LogP contribution in [0.1, 0.15) is 22.0 Å². The summed E-state index contributed by atoms with van der Waals surface area (Å²) in [6, 6.07) is 15.1. The second kappa shape index (κ2) is 9.39. The van der Waals surface area contributed by atoms with Gasteiger partial charge >= 0.3 is 0 Å². The van der Waals surface area contributed by atoms with Crippen LogP contribution in [0.4, 0.5) is 0 Å². The highest BCUT2D eigenvalue weighted by atomic mass is 16.5. The van der Waals surface area contributed by atoms with Gasteiger partial charge < -0.3 is 24.4 Å².